The third-order valence-electron chi connectivity index (χ3n) is 5.38. The predicted molar refractivity (Wildman–Crippen MR) is 112 cm³/mol. The number of carbonyl (C=O) groups excluding carboxylic acids is 1. The van der Waals surface area contributed by atoms with Crippen LogP contribution in [0.2, 0.25) is 0 Å². The number of benzene rings is 2. The van der Waals surface area contributed by atoms with Crippen LogP contribution in [0.25, 0.3) is 0 Å². The lowest BCUT2D eigenvalue weighted by molar-refractivity contribution is -0.133. The topological polar surface area (TPSA) is 105 Å². The molecule has 2 aliphatic rings. The van der Waals surface area contributed by atoms with Crippen molar-refractivity contribution >= 4 is 27.5 Å². The van der Waals surface area contributed by atoms with Crippen LogP contribution in [0.3, 0.4) is 0 Å². The van der Waals surface area contributed by atoms with Crippen molar-refractivity contribution in [2.45, 2.75) is 30.2 Å². The lowest BCUT2D eigenvalue weighted by Gasteiger charge is -2.35. The number of anilines is 1. The van der Waals surface area contributed by atoms with Crippen LogP contribution in [0.4, 0.5) is 5.69 Å². The summed E-state index contributed by atoms with van der Waals surface area (Å²) in [6, 6.07) is 15.8. The minimum absolute atomic E-state index is 0.113. The number of piperidine rings is 1. The highest BCUT2D eigenvalue weighted by Gasteiger charge is 2.33. The van der Waals surface area contributed by atoms with Crippen molar-refractivity contribution in [3.05, 3.63) is 60.2 Å². The van der Waals surface area contributed by atoms with E-state index in [1.54, 1.807) is 23.1 Å². The summed E-state index contributed by atoms with van der Waals surface area (Å²) in [6.45, 7) is 1.03. The number of sulfonamides is 1. The number of amidine groups is 1. The summed E-state index contributed by atoms with van der Waals surface area (Å²) < 4.78 is 29.0. The molecular weight excluding hydrogens is 388 g/mol. The minimum Gasteiger partial charge on any atom is -0.342 e. The molecule has 0 aliphatic carbocycles. The zero-order valence-electron chi connectivity index (χ0n) is 16.0. The monoisotopic (exact) mass is 412 g/mol. The van der Waals surface area contributed by atoms with Gasteiger partial charge in [-0.1, -0.05) is 42.5 Å². The number of nitrogens with two attached hydrogens (primary N) is 1. The van der Waals surface area contributed by atoms with Crippen LogP contribution in [-0.2, 0) is 21.2 Å². The van der Waals surface area contributed by atoms with Gasteiger partial charge in [0.15, 0.2) is 0 Å². The molecule has 1 saturated heterocycles. The van der Waals surface area contributed by atoms with Crippen LogP contribution >= 0.6 is 0 Å². The van der Waals surface area contributed by atoms with Crippen molar-refractivity contribution in [1.82, 2.24) is 4.90 Å². The Bertz CT molecular complexity index is 1040. The highest BCUT2D eigenvalue weighted by molar-refractivity contribution is 7.90. The Morgan fingerprint density at radius 3 is 2.69 bits per heavy atom. The summed E-state index contributed by atoms with van der Waals surface area (Å²) in [6.07, 6.45) is 2.01. The van der Waals surface area contributed by atoms with Gasteiger partial charge in [-0.15, -0.1) is 4.40 Å². The van der Waals surface area contributed by atoms with Crippen molar-refractivity contribution in [1.29, 1.82) is 0 Å². The molecule has 1 amide bonds. The third-order valence-corrected chi connectivity index (χ3v) is 6.73. The number of fused-ring (bicyclic) bond motifs is 1. The molecule has 2 aromatic rings. The molecule has 8 heteroatoms. The van der Waals surface area contributed by atoms with E-state index in [2.05, 4.69) is 9.71 Å². The molecule has 29 heavy (non-hydrogen) atoms. The van der Waals surface area contributed by atoms with E-state index in [0.717, 1.165) is 18.4 Å². The average Bonchev–Trinajstić information content (AvgIpc) is 2.73. The van der Waals surface area contributed by atoms with E-state index in [1.807, 2.05) is 30.3 Å². The average molecular weight is 413 g/mol. The quantitative estimate of drug-likeness (QED) is 0.799. The van der Waals surface area contributed by atoms with E-state index in [-0.39, 0.29) is 16.7 Å². The molecule has 0 saturated carbocycles. The van der Waals surface area contributed by atoms with E-state index in [9.17, 15) is 13.2 Å². The van der Waals surface area contributed by atoms with Gasteiger partial charge in [-0.05, 0) is 37.0 Å². The molecule has 152 valence electrons. The summed E-state index contributed by atoms with van der Waals surface area (Å²) in [7, 11) is -3.74. The minimum atomic E-state index is -3.74. The maximum absolute atomic E-state index is 12.9. The van der Waals surface area contributed by atoms with Crippen LogP contribution in [0.5, 0.6) is 0 Å². The predicted octanol–water partition coefficient (Wildman–Crippen LogP) is 2.01. The molecule has 2 aliphatic heterocycles. The fourth-order valence-corrected chi connectivity index (χ4v) is 5.10. The van der Waals surface area contributed by atoms with Crippen molar-refractivity contribution in [2.75, 3.05) is 18.4 Å². The van der Waals surface area contributed by atoms with Gasteiger partial charge in [0.25, 0.3) is 10.0 Å². The fourth-order valence-electron chi connectivity index (χ4n) is 3.90. The van der Waals surface area contributed by atoms with Gasteiger partial charge in [-0.2, -0.15) is 8.42 Å². The number of nitrogens with one attached hydrogen (secondary N) is 1. The Morgan fingerprint density at radius 2 is 1.90 bits per heavy atom. The van der Waals surface area contributed by atoms with E-state index >= 15 is 0 Å². The normalized spacial score (nSPS) is 21.5. The Morgan fingerprint density at radius 1 is 1.17 bits per heavy atom. The van der Waals surface area contributed by atoms with Crippen molar-refractivity contribution in [3.63, 3.8) is 0 Å². The lowest BCUT2D eigenvalue weighted by atomic mass is 9.95. The smallest absolute Gasteiger partial charge is 0.286 e. The van der Waals surface area contributed by atoms with Crippen LogP contribution in [-0.4, -0.2) is 44.2 Å². The Labute approximate surface area is 170 Å². The molecule has 4 rings (SSSR count). The molecule has 0 bridgehead atoms. The fraction of sp³-hybridized carbons (Fsp3) is 0.333. The molecule has 2 atom stereocenters. The molecule has 0 radical (unpaired) electrons. The van der Waals surface area contributed by atoms with Crippen LogP contribution in [0, 0.1) is 5.92 Å². The second-order valence-electron chi connectivity index (χ2n) is 7.49. The van der Waals surface area contributed by atoms with Crippen LogP contribution in [0.1, 0.15) is 18.4 Å². The maximum Gasteiger partial charge on any atom is 0.286 e. The number of carbonyl (C=O) groups is 1. The second kappa shape index (κ2) is 7.96. The van der Waals surface area contributed by atoms with Gasteiger partial charge >= 0.3 is 0 Å². The molecule has 2 aromatic carbocycles. The third kappa shape index (κ3) is 4.18. The van der Waals surface area contributed by atoms with E-state index in [4.69, 9.17) is 5.73 Å². The summed E-state index contributed by atoms with van der Waals surface area (Å²) in [5, 5.41) is 3.15. The number of likely N-dealkylation sites (tertiary alicyclic amines) is 1. The Balaban J connectivity index is 1.47. The molecule has 2 heterocycles. The molecule has 1 fully saturated rings. The van der Waals surface area contributed by atoms with Gasteiger partial charge in [0.2, 0.25) is 5.91 Å². The second-order valence-corrected chi connectivity index (χ2v) is 9.06. The lowest BCUT2D eigenvalue weighted by Crippen LogP contribution is -2.50. The Hall–Kier alpha value is -2.71. The summed E-state index contributed by atoms with van der Waals surface area (Å²) in [5.74, 6) is 0.121. The number of para-hydroxylation sites is 1. The van der Waals surface area contributed by atoms with Gasteiger partial charge in [0.05, 0.1) is 11.7 Å². The summed E-state index contributed by atoms with van der Waals surface area (Å²) >= 11 is 0. The molecular formula is C21H24N4O3S. The van der Waals surface area contributed by atoms with E-state index < -0.39 is 16.1 Å². The van der Waals surface area contributed by atoms with Gasteiger partial charge in [0, 0.05) is 19.0 Å². The number of hydrogen-bond acceptors (Lipinski definition) is 5. The first kappa shape index (κ1) is 19.6. The van der Waals surface area contributed by atoms with Gasteiger partial charge in [0.1, 0.15) is 10.7 Å². The zero-order chi connectivity index (χ0) is 20.4. The number of hydrogen-bond donors (Lipinski definition) is 2. The largest absolute Gasteiger partial charge is 0.342 e. The number of amides is 1. The molecule has 1 unspecified atom stereocenters. The van der Waals surface area contributed by atoms with Crippen LogP contribution < -0.4 is 11.1 Å². The molecule has 3 N–H and O–H groups in total. The summed E-state index contributed by atoms with van der Waals surface area (Å²) in [5.41, 5.74) is 7.72. The van der Waals surface area contributed by atoms with Crippen molar-refractivity contribution in [3.8, 4) is 0 Å². The maximum atomic E-state index is 12.9. The van der Waals surface area contributed by atoms with Gasteiger partial charge in [-0.25, -0.2) is 0 Å². The first-order valence-electron chi connectivity index (χ1n) is 9.73. The standard InChI is InChI=1S/C21H24N4O3S/c22-17(13-15-7-2-1-3-8-15)21(26)25-12-6-9-16(14-25)20-23-18-10-4-5-11-19(18)29(27,28)24-20/h1-5,7-8,10-11,16-17H,6,9,12-14,22H2,(H,23,24)/t16?,17-/m0/s1. The van der Waals surface area contributed by atoms with E-state index in [0.29, 0.717) is 31.0 Å². The highest BCUT2D eigenvalue weighted by Crippen LogP contribution is 2.30. The summed E-state index contributed by atoms with van der Waals surface area (Å²) in [4.78, 5) is 14.8. The number of rotatable bonds is 4. The SMILES string of the molecule is N[C@@H](Cc1ccccc1)C(=O)N1CCCC(C2=NS(=O)(=O)c3ccccc3N2)C1. The Kier molecular flexibility index (Phi) is 5.38. The van der Waals surface area contributed by atoms with Gasteiger partial charge < -0.3 is 16.0 Å². The van der Waals surface area contributed by atoms with Gasteiger partial charge in [-0.3, -0.25) is 4.79 Å². The first-order chi connectivity index (χ1) is 13.9. The van der Waals surface area contributed by atoms with Crippen molar-refractivity contribution < 1.29 is 13.2 Å². The number of nitrogens with zero attached hydrogens (tertiary/aromatic N) is 2. The first-order valence-corrected chi connectivity index (χ1v) is 11.2. The molecule has 7 nitrogen and oxygen atoms in total. The molecule has 0 aromatic heterocycles. The van der Waals surface area contributed by atoms with Crippen LogP contribution in [0.15, 0.2) is 63.9 Å². The highest BCUT2D eigenvalue weighted by atomic mass is 32.2. The zero-order valence-corrected chi connectivity index (χ0v) is 16.8. The molecule has 0 spiro atoms. The van der Waals surface area contributed by atoms with Crippen molar-refractivity contribution in [2.24, 2.45) is 16.0 Å². The van der Waals surface area contributed by atoms with E-state index in [1.165, 1.54) is 6.07 Å².